The van der Waals surface area contributed by atoms with Gasteiger partial charge < -0.3 is 10.1 Å². The highest BCUT2D eigenvalue weighted by Crippen LogP contribution is 2.24. The molecule has 0 spiro atoms. The van der Waals surface area contributed by atoms with Crippen LogP contribution >= 0.6 is 12.2 Å². The standard InChI is InChI=1S/C22H15F3N2O3S/c23-22(24,25)19(28)14-9-11-15(12-10-14)20(29)27-21(31)26-16-5-4-8-18(13-16)30-17-6-2-1-3-7-17/h1-13H,(H2,26,27,29,31). The van der Waals surface area contributed by atoms with E-state index in [1.165, 1.54) is 0 Å². The maximum absolute atomic E-state index is 12.5. The Bertz CT molecular complexity index is 1100. The number of ether oxygens (including phenoxy) is 1. The van der Waals surface area contributed by atoms with E-state index in [2.05, 4.69) is 10.6 Å². The van der Waals surface area contributed by atoms with Crippen LogP contribution in [0.4, 0.5) is 18.9 Å². The van der Waals surface area contributed by atoms with Gasteiger partial charge in [0.15, 0.2) is 5.11 Å². The summed E-state index contributed by atoms with van der Waals surface area (Å²) in [6.07, 6.45) is -4.98. The van der Waals surface area contributed by atoms with E-state index in [1.807, 2.05) is 18.2 Å². The number of Topliss-reactive ketones (excluding diaryl/α,β-unsaturated/α-hetero) is 1. The molecule has 0 bridgehead atoms. The third kappa shape index (κ3) is 6.13. The van der Waals surface area contributed by atoms with Crippen molar-refractivity contribution in [3.63, 3.8) is 0 Å². The van der Waals surface area contributed by atoms with E-state index in [-0.39, 0.29) is 10.7 Å². The van der Waals surface area contributed by atoms with Crippen LogP contribution in [0.2, 0.25) is 0 Å². The first-order chi connectivity index (χ1) is 14.7. The van der Waals surface area contributed by atoms with E-state index in [0.29, 0.717) is 17.2 Å². The zero-order valence-corrected chi connectivity index (χ0v) is 16.6. The zero-order valence-electron chi connectivity index (χ0n) is 15.8. The van der Waals surface area contributed by atoms with Gasteiger partial charge in [0.05, 0.1) is 0 Å². The van der Waals surface area contributed by atoms with Crippen LogP contribution < -0.4 is 15.4 Å². The zero-order chi connectivity index (χ0) is 22.4. The van der Waals surface area contributed by atoms with E-state index in [9.17, 15) is 22.8 Å². The van der Waals surface area contributed by atoms with Gasteiger partial charge >= 0.3 is 6.18 Å². The molecule has 0 saturated carbocycles. The summed E-state index contributed by atoms with van der Waals surface area (Å²) in [5, 5.41) is 5.24. The number of carbonyl (C=O) groups excluding carboxylic acids is 2. The average Bonchev–Trinajstić information content (AvgIpc) is 2.73. The molecule has 0 aliphatic heterocycles. The van der Waals surface area contributed by atoms with Gasteiger partial charge in [-0.25, -0.2) is 0 Å². The van der Waals surface area contributed by atoms with Crippen molar-refractivity contribution in [2.75, 3.05) is 5.32 Å². The Balaban J connectivity index is 1.60. The molecule has 2 N–H and O–H groups in total. The molecule has 9 heteroatoms. The summed E-state index contributed by atoms with van der Waals surface area (Å²) in [6.45, 7) is 0. The number of alkyl halides is 3. The average molecular weight is 444 g/mol. The lowest BCUT2D eigenvalue weighted by atomic mass is 10.1. The third-order valence-electron chi connectivity index (χ3n) is 3.96. The maximum Gasteiger partial charge on any atom is 0.454 e. The van der Waals surface area contributed by atoms with Crippen molar-refractivity contribution in [1.29, 1.82) is 0 Å². The van der Waals surface area contributed by atoms with Crippen LogP contribution in [0.1, 0.15) is 20.7 Å². The van der Waals surface area contributed by atoms with Crippen molar-refractivity contribution in [1.82, 2.24) is 5.32 Å². The Labute approximate surface area is 180 Å². The van der Waals surface area contributed by atoms with Crippen molar-refractivity contribution in [3.05, 3.63) is 90.0 Å². The number of para-hydroxylation sites is 1. The van der Waals surface area contributed by atoms with Crippen molar-refractivity contribution >= 4 is 34.7 Å². The van der Waals surface area contributed by atoms with Crippen LogP contribution in [-0.2, 0) is 0 Å². The van der Waals surface area contributed by atoms with Crippen LogP contribution in [0.5, 0.6) is 11.5 Å². The number of nitrogens with one attached hydrogen (secondary N) is 2. The molecular formula is C22H15F3N2O3S. The van der Waals surface area contributed by atoms with E-state index in [1.54, 1.807) is 36.4 Å². The Morgan fingerprint density at radius 1 is 0.806 bits per heavy atom. The molecule has 0 atom stereocenters. The summed E-state index contributed by atoms with van der Waals surface area (Å²) >= 11 is 5.11. The summed E-state index contributed by atoms with van der Waals surface area (Å²) in [6, 6.07) is 20.2. The normalized spacial score (nSPS) is 10.8. The first-order valence-corrected chi connectivity index (χ1v) is 9.30. The maximum atomic E-state index is 12.5. The van der Waals surface area contributed by atoms with Gasteiger partial charge in [-0.2, -0.15) is 13.2 Å². The topological polar surface area (TPSA) is 67.4 Å². The number of hydrogen-bond donors (Lipinski definition) is 2. The second-order valence-corrected chi connectivity index (χ2v) is 6.66. The molecule has 0 saturated heterocycles. The van der Waals surface area contributed by atoms with Crippen molar-refractivity contribution in [3.8, 4) is 11.5 Å². The minimum atomic E-state index is -4.98. The Hall–Kier alpha value is -3.72. The molecule has 0 fully saturated rings. The van der Waals surface area contributed by atoms with Gasteiger partial charge in [0, 0.05) is 22.9 Å². The molecule has 158 valence electrons. The van der Waals surface area contributed by atoms with Gasteiger partial charge in [-0.05, 0) is 48.6 Å². The fraction of sp³-hybridized carbons (Fsp3) is 0.0455. The second kappa shape index (κ2) is 9.40. The lowest BCUT2D eigenvalue weighted by Crippen LogP contribution is -2.34. The largest absolute Gasteiger partial charge is 0.457 e. The molecule has 0 aliphatic carbocycles. The first-order valence-electron chi connectivity index (χ1n) is 8.89. The minimum Gasteiger partial charge on any atom is -0.457 e. The van der Waals surface area contributed by atoms with Crippen LogP contribution in [0.15, 0.2) is 78.9 Å². The van der Waals surface area contributed by atoms with Crippen molar-refractivity contribution < 1.29 is 27.5 Å². The highest BCUT2D eigenvalue weighted by Gasteiger charge is 2.39. The van der Waals surface area contributed by atoms with Crippen LogP contribution in [0.25, 0.3) is 0 Å². The summed E-state index contributed by atoms with van der Waals surface area (Å²) in [4.78, 5) is 23.5. The Kier molecular flexibility index (Phi) is 6.66. The molecule has 0 heterocycles. The van der Waals surface area contributed by atoms with Gasteiger partial charge in [0.1, 0.15) is 11.5 Å². The molecule has 31 heavy (non-hydrogen) atoms. The van der Waals surface area contributed by atoms with Gasteiger partial charge in [0.25, 0.3) is 11.7 Å². The first kappa shape index (κ1) is 22.0. The predicted octanol–water partition coefficient (Wildman–Crippen LogP) is 5.35. The number of hydrogen-bond acceptors (Lipinski definition) is 4. The van der Waals surface area contributed by atoms with Gasteiger partial charge in [0.2, 0.25) is 0 Å². The quantitative estimate of drug-likeness (QED) is 0.410. The molecule has 3 aromatic carbocycles. The van der Waals surface area contributed by atoms with Gasteiger partial charge in [-0.1, -0.05) is 36.4 Å². The van der Waals surface area contributed by atoms with Crippen molar-refractivity contribution in [2.45, 2.75) is 6.18 Å². The van der Waals surface area contributed by atoms with E-state index in [4.69, 9.17) is 17.0 Å². The molecule has 3 aromatic rings. The lowest BCUT2D eigenvalue weighted by molar-refractivity contribution is -0.0885. The number of thiocarbonyl (C=S) groups is 1. The highest BCUT2D eigenvalue weighted by molar-refractivity contribution is 7.80. The van der Waals surface area contributed by atoms with Crippen LogP contribution in [0.3, 0.4) is 0 Å². The molecule has 0 unspecified atom stereocenters. The van der Waals surface area contributed by atoms with Crippen LogP contribution in [-0.4, -0.2) is 23.0 Å². The number of rotatable bonds is 5. The number of anilines is 1. The van der Waals surface area contributed by atoms with E-state index in [0.717, 1.165) is 24.3 Å². The fourth-order valence-electron chi connectivity index (χ4n) is 2.54. The molecule has 3 rings (SSSR count). The lowest BCUT2D eigenvalue weighted by Gasteiger charge is -2.12. The summed E-state index contributed by atoms with van der Waals surface area (Å²) in [7, 11) is 0. The Morgan fingerprint density at radius 3 is 2.06 bits per heavy atom. The molecule has 0 aliphatic rings. The summed E-state index contributed by atoms with van der Waals surface area (Å²) in [5.41, 5.74) is 0.0499. The number of carbonyl (C=O) groups is 2. The Morgan fingerprint density at radius 2 is 1.42 bits per heavy atom. The fourth-order valence-corrected chi connectivity index (χ4v) is 2.75. The number of ketones is 1. The minimum absolute atomic E-state index is 0.0164. The molecular weight excluding hydrogens is 429 g/mol. The number of halogens is 3. The number of amides is 1. The van der Waals surface area contributed by atoms with Crippen LogP contribution in [0, 0.1) is 0 Å². The molecule has 0 aromatic heterocycles. The summed E-state index contributed by atoms with van der Waals surface area (Å²) < 4.78 is 43.1. The van der Waals surface area contributed by atoms with Crippen molar-refractivity contribution in [2.24, 2.45) is 0 Å². The monoisotopic (exact) mass is 444 g/mol. The molecule has 5 nitrogen and oxygen atoms in total. The predicted molar refractivity (Wildman–Crippen MR) is 113 cm³/mol. The number of benzene rings is 3. The van der Waals surface area contributed by atoms with E-state index >= 15 is 0 Å². The highest BCUT2D eigenvalue weighted by atomic mass is 32.1. The second-order valence-electron chi connectivity index (χ2n) is 6.26. The smallest absolute Gasteiger partial charge is 0.454 e. The van der Waals surface area contributed by atoms with E-state index < -0.39 is 23.4 Å². The molecule has 1 amide bonds. The van der Waals surface area contributed by atoms with Gasteiger partial charge in [-0.3, -0.25) is 14.9 Å². The summed E-state index contributed by atoms with van der Waals surface area (Å²) in [5.74, 6) is -1.41. The molecule has 0 radical (unpaired) electrons. The van der Waals surface area contributed by atoms with Gasteiger partial charge in [-0.15, -0.1) is 0 Å². The third-order valence-corrected chi connectivity index (χ3v) is 4.17. The SMILES string of the molecule is O=C(NC(=S)Nc1cccc(Oc2ccccc2)c1)c1ccc(C(=O)C(F)(F)F)cc1.